The minimum Gasteiger partial charge on any atom is -0.375 e. The molecular formula is C19H30IN3O3S. The summed E-state index contributed by atoms with van der Waals surface area (Å²) < 4.78 is 24.1. The van der Waals surface area contributed by atoms with Crippen molar-refractivity contribution in [2.75, 3.05) is 45.1 Å². The van der Waals surface area contributed by atoms with Gasteiger partial charge in [0.2, 0.25) is 0 Å². The zero-order valence-corrected chi connectivity index (χ0v) is 19.0. The van der Waals surface area contributed by atoms with Crippen molar-refractivity contribution in [2.24, 2.45) is 4.99 Å². The van der Waals surface area contributed by atoms with Crippen molar-refractivity contribution >= 4 is 40.7 Å². The van der Waals surface area contributed by atoms with Crippen molar-refractivity contribution in [1.82, 2.24) is 10.2 Å². The summed E-state index contributed by atoms with van der Waals surface area (Å²) in [6.07, 6.45) is 2.49. The van der Waals surface area contributed by atoms with Gasteiger partial charge in [0.25, 0.3) is 0 Å². The number of hydrogen-bond acceptors (Lipinski definition) is 4. The maximum atomic E-state index is 12.4. The van der Waals surface area contributed by atoms with Gasteiger partial charge in [-0.1, -0.05) is 18.2 Å². The molecule has 1 aromatic rings. The lowest BCUT2D eigenvalue weighted by atomic mass is 10.1. The Morgan fingerprint density at radius 1 is 1.26 bits per heavy atom. The Labute approximate surface area is 181 Å². The van der Waals surface area contributed by atoms with Gasteiger partial charge in [0, 0.05) is 36.9 Å². The summed E-state index contributed by atoms with van der Waals surface area (Å²) in [5, 5.41) is 3.36. The van der Waals surface area contributed by atoms with Gasteiger partial charge in [0.1, 0.15) is 6.10 Å². The van der Waals surface area contributed by atoms with Gasteiger partial charge in [-0.2, -0.15) is 0 Å². The van der Waals surface area contributed by atoms with Crippen molar-refractivity contribution in [3.63, 3.8) is 0 Å². The first-order valence-electron chi connectivity index (χ1n) is 9.48. The molecule has 2 fully saturated rings. The smallest absolute Gasteiger partial charge is 0.194 e. The summed E-state index contributed by atoms with van der Waals surface area (Å²) in [5.41, 5.74) is 0. The fraction of sp³-hybridized carbons (Fsp3) is 0.632. The van der Waals surface area contributed by atoms with Gasteiger partial charge >= 0.3 is 0 Å². The van der Waals surface area contributed by atoms with Crippen molar-refractivity contribution < 1.29 is 13.7 Å². The van der Waals surface area contributed by atoms with E-state index < -0.39 is 10.8 Å². The molecule has 0 radical (unpaired) electrons. The molecule has 3 unspecified atom stereocenters. The van der Waals surface area contributed by atoms with Gasteiger partial charge in [0.05, 0.1) is 30.1 Å². The number of aliphatic imine (C=N–C) groups is 1. The van der Waals surface area contributed by atoms with E-state index in [2.05, 4.69) is 17.1 Å². The van der Waals surface area contributed by atoms with Crippen LogP contribution in [0.2, 0.25) is 0 Å². The Morgan fingerprint density at radius 2 is 2.04 bits per heavy atom. The predicted octanol–water partition coefficient (Wildman–Crippen LogP) is 2.26. The Balaban J connectivity index is 0.00000261. The molecule has 0 aliphatic carbocycles. The largest absolute Gasteiger partial charge is 0.375 e. The molecule has 0 saturated carbocycles. The summed E-state index contributed by atoms with van der Waals surface area (Å²) in [6, 6.07) is 9.57. The molecular weight excluding hydrogens is 477 g/mol. The molecule has 2 saturated heterocycles. The summed E-state index contributed by atoms with van der Waals surface area (Å²) in [5.74, 6) is 1.40. The van der Waals surface area contributed by atoms with Crippen LogP contribution in [0.4, 0.5) is 0 Å². The van der Waals surface area contributed by atoms with Crippen LogP contribution in [-0.4, -0.2) is 72.4 Å². The lowest BCUT2D eigenvalue weighted by Crippen LogP contribution is -2.53. The number of nitrogens with one attached hydrogen (secondary N) is 1. The van der Waals surface area contributed by atoms with E-state index in [4.69, 9.17) is 14.5 Å². The third-order valence-corrected chi connectivity index (χ3v) is 6.00. The second kappa shape index (κ2) is 12.0. The second-order valence-electron chi connectivity index (χ2n) is 6.51. The maximum absolute atomic E-state index is 12.4. The van der Waals surface area contributed by atoms with Crippen molar-refractivity contribution in [1.29, 1.82) is 0 Å². The summed E-state index contributed by atoms with van der Waals surface area (Å²) in [6.45, 7) is 6.54. The van der Waals surface area contributed by atoms with Crippen LogP contribution in [-0.2, 0) is 20.3 Å². The SMILES string of the molecule is CCNC(=NCCS(=O)c1ccccc1)N1CCOC(C2CCCO2)C1.I. The lowest BCUT2D eigenvalue weighted by molar-refractivity contribution is -0.0816. The monoisotopic (exact) mass is 507 g/mol. The first-order valence-corrected chi connectivity index (χ1v) is 10.8. The average molecular weight is 507 g/mol. The fourth-order valence-corrected chi connectivity index (χ4v) is 4.29. The van der Waals surface area contributed by atoms with Gasteiger partial charge < -0.3 is 19.7 Å². The molecule has 2 heterocycles. The Morgan fingerprint density at radius 3 is 2.74 bits per heavy atom. The molecule has 0 bridgehead atoms. The van der Waals surface area contributed by atoms with Crippen LogP contribution < -0.4 is 5.32 Å². The highest BCUT2D eigenvalue weighted by molar-refractivity contribution is 14.0. The molecule has 27 heavy (non-hydrogen) atoms. The van der Waals surface area contributed by atoms with E-state index in [9.17, 15) is 4.21 Å². The zero-order chi connectivity index (χ0) is 18.2. The minimum atomic E-state index is -1.02. The number of guanidine groups is 1. The highest BCUT2D eigenvalue weighted by Crippen LogP contribution is 2.21. The number of hydrogen-bond donors (Lipinski definition) is 1. The van der Waals surface area contributed by atoms with Gasteiger partial charge in [0.15, 0.2) is 5.96 Å². The number of nitrogens with zero attached hydrogens (tertiary/aromatic N) is 2. The van der Waals surface area contributed by atoms with Crippen LogP contribution in [0.1, 0.15) is 19.8 Å². The Hall–Kier alpha value is -0.710. The van der Waals surface area contributed by atoms with E-state index in [1.54, 1.807) is 0 Å². The topological polar surface area (TPSA) is 63.2 Å². The zero-order valence-electron chi connectivity index (χ0n) is 15.8. The number of rotatable bonds is 6. The maximum Gasteiger partial charge on any atom is 0.194 e. The summed E-state index contributed by atoms with van der Waals surface area (Å²) in [4.78, 5) is 7.81. The predicted molar refractivity (Wildman–Crippen MR) is 119 cm³/mol. The first kappa shape index (κ1) is 22.6. The van der Waals surface area contributed by atoms with Gasteiger partial charge in [-0.25, -0.2) is 0 Å². The van der Waals surface area contributed by atoms with Crippen molar-refractivity contribution in [3.8, 4) is 0 Å². The minimum absolute atomic E-state index is 0. The van der Waals surface area contributed by atoms with Crippen LogP contribution in [0.3, 0.4) is 0 Å². The first-order chi connectivity index (χ1) is 12.8. The van der Waals surface area contributed by atoms with Gasteiger partial charge in [-0.3, -0.25) is 9.20 Å². The number of halogens is 1. The van der Waals surface area contributed by atoms with Crippen molar-refractivity contribution in [2.45, 2.75) is 36.9 Å². The molecule has 3 rings (SSSR count). The van der Waals surface area contributed by atoms with E-state index in [0.717, 1.165) is 49.9 Å². The lowest BCUT2D eigenvalue weighted by Gasteiger charge is -2.37. The van der Waals surface area contributed by atoms with Crippen LogP contribution in [0.25, 0.3) is 0 Å². The molecule has 3 atom stereocenters. The number of ether oxygens (including phenoxy) is 2. The van der Waals surface area contributed by atoms with E-state index in [1.807, 2.05) is 30.3 Å². The van der Waals surface area contributed by atoms with Crippen LogP contribution in [0.15, 0.2) is 40.2 Å². The average Bonchev–Trinajstić information content (AvgIpc) is 3.23. The molecule has 0 amide bonds. The molecule has 0 aromatic heterocycles. The van der Waals surface area contributed by atoms with Crippen LogP contribution >= 0.6 is 24.0 Å². The van der Waals surface area contributed by atoms with E-state index in [-0.39, 0.29) is 36.2 Å². The normalized spacial score (nSPS) is 24.3. The summed E-state index contributed by atoms with van der Waals surface area (Å²) in [7, 11) is -1.02. The number of benzene rings is 1. The summed E-state index contributed by atoms with van der Waals surface area (Å²) >= 11 is 0. The highest BCUT2D eigenvalue weighted by atomic mass is 127. The molecule has 8 heteroatoms. The van der Waals surface area contributed by atoms with Gasteiger partial charge in [-0.15, -0.1) is 24.0 Å². The molecule has 2 aliphatic rings. The molecule has 152 valence electrons. The van der Waals surface area contributed by atoms with E-state index in [1.165, 1.54) is 0 Å². The molecule has 6 nitrogen and oxygen atoms in total. The fourth-order valence-electron chi connectivity index (χ4n) is 3.34. The Bertz CT molecular complexity index is 611. The van der Waals surface area contributed by atoms with E-state index >= 15 is 0 Å². The number of morpholine rings is 1. The van der Waals surface area contributed by atoms with E-state index in [0.29, 0.717) is 18.9 Å². The molecule has 2 aliphatic heterocycles. The van der Waals surface area contributed by atoms with Crippen LogP contribution in [0.5, 0.6) is 0 Å². The Kier molecular flexibility index (Phi) is 10.0. The van der Waals surface area contributed by atoms with Crippen LogP contribution in [0, 0.1) is 0 Å². The standard InChI is InChI=1S/C19H29N3O3S.HI/c1-2-20-19(21-10-14-26(23)16-7-4-3-5-8-16)22-11-13-25-18(15-22)17-9-6-12-24-17;/h3-5,7-8,17-18H,2,6,9-15H2,1H3,(H,20,21);1H. The quantitative estimate of drug-likeness (QED) is 0.364. The highest BCUT2D eigenvalue weighted by Gasteiger charge is 2.32. The molecule has 1 N–H and O–H groups in total. The molecule has 1 aromatic carbocycles. The third-order valence-electron chi connectivity index (χ3n) is 4.65. The third kappa shape index (κ3) is 6.69. The molecule has 0 spiro atoms. The van der Waals surface area contributed by atoms with Gasteiger partial charge in [-0.05, 0) is 31.9 Å². The second-order valence-corrected chi connectivity index (χ2v) is 8.08. The van der Waals surface area contributed by atoms with Crippen molar-refractivity contribution in [3.05, 3.63) is 30.3 Å².